The topological polar surface area (TPSA) is 81.1 Å². The standard InChI is InChI=1S/C28H27N5O2S/c1-18-10-7-8-15-23(18)30-26(34)24-19(2)29-27-31-28(36-17-20-11-5-4-6-12-20)32-33(27)25(24)21-13-9-14-22(16-21)35-3/h4-16,25H,17H2,1-3H3,(H,30,34)(H,29,31,32). The van der Waals surface area contributed by atoms with Crippen molar-refractivity contribution in [3.8, 4) is 5.75 Å². The number of rotatable bonds is 7. The molecule has 1 aliphatic heterocycles. The lowest BCUT2D eigenvalue weighted by Gasteiger charge is -2.29. The number of methoxy groups -OCH3 is 1. The zero-order valence-electron chi connectivity index (χ0n) is 20.4. The molecule has 0 saturated heterocycles. The number of amides is 1. The number of fused-ring (bicyclic) bond motifs is 1. The molecule has 0 radical (unpaired) electrons. The summed E-state index contributed by atoms with van der Waals surface area (Å²) in [5, 5.41) is 11.9. The molecule has 4 aromatic rings. The number of aromatic nitrogens is 3. The second kappa shape index (κ2) is 10.3. The van der Waals surface area contributed by atoms with E-state index in [1.807, 2.05) is 80.6 Å². The predicted molar refractivity (Wildman–Crippen MR) is 143 cm³/mol. The highest BCUT2D eigenvalue weighted by molar-refractivity contribution is 7.98. The monoisotopic (exact) mass is 497 g/mol. The average molecular weight is 498 g/mol. The van der Waals surface area contributed by atoms with Gasteiger partial charge in [-0.1, -0.05) is 72.4 Å². The van der Waals surface area contributed by atoms with Gasteiger partial charge in [0.05, 0.1) is 12.7 Å². The van der Waals surface area contributed by atoms with Gasteiger partial charge in [-0.2, -0.15) is 4.98 Å². The summed E-state index contributed by atoms with van der Waals surface area (Å²) in [4.78, 5) is 18.4. The SMILES string of the molecule is COc1cccc(C2C(C(=O)Nc3ccccc3C)=C(C)Nc3nc(SCc4ccccc4)nn32)c1. The Morgan fingerprint density at radius 2 is 1.83 bits per heavy atom. The molecule has 2 N–H and O–H groups in total. The van der Waals surface area contributed by atoms with E-state index in [2.05, 4.69) is 22.8 Å². The lowest BCUT2D eigenvalue weighted by molar-refractivity contribution is -0.113. The summed E-state index contributed by atoms with van der Waals surface area (Å²) in [7, 11) is 1.63. The molecule has 5 rings (SSSR count). The highest BCUT2D eigenvalue weighted by atomic mass is 32.2. The zero-order valence-corrected chi connectivity index (χ0v) is 21.2. The van der Waals surface area contributed by atoms with E-state index in [9.17, 15) is 4.79 Å². The van der Waals surface area contributed by atoms with E-state index in [0.717, 1.165) is 28.3 Å². The normalized spacial score (nSPS) is 14.7. The van der Waals surface area contributed by atoms with Gasteiger partial charge in [-0.15, -0.1) is 5.10 Å². The molecule has 8 heteroatoms. The third-order valence-corrected chi connectivity index (χ3v) is 7.00. The molecule has 3 aromatic carbocycles. The average Bonchev–Trinajstić information content (AvgIpc) is 3.31. The van der Waals surface area contributed by atoms with Gasteiger partial charge in [-0.05, 0) is 48.7 Å². The number of nitrogens with zero attached hydrogens (tertiary/aromatic N) is 3. The molecule has 0 bridgehead atoms. The summed E-state index contributed by atoms with van der Waals surface area (Å²) in [6, 6.07) is 25.2. The first-order valence-corrected chi connectivity index (χ1v) is 12.6. The maximum absolute atomic E-state index is 13.7. The molecule has 182 valence electrons. The minimum Gasteiger partial charge on any atom is -0.497 e. The minimum atomic E-state index is -0.473. The molecular weight excluding hydrogens is 470 g/mol. The number of thioether (sulfide) groups is 1. The van der Waals surface area contributed by atoms with Gasteiger partial charge in [0.1, 0.15) is 11.8 Å². The van der Waals surface area contributed by atoms with Crippen LogP contribution >= 0.6 is 11.8 Å². The lowest BCUT2D eigenvalue weighted by Crippen LogP contribution is -2.31. The van der Waals surface area contributed by atoms with E-state index in [1.165, 1.54) is 5.56 Å². The van der Waals surface area contributed by atoms with Crippen molar-refractivity contribution in [2.45, 2.75) is 30.8 Å². The maximum Gasteiger partial charge on any atom is 0.255 e. The number of hydrogen-bond acceptors (Lipinski definition) is 6. The number of ether oxygens (including phenoxy) is 1. The van der Waals surface area contributed by atoms with Crippen LogP contribution < -0.4 is 15.4 Å². The largest absolute Gasteiger partial charge is 0.497 e. The number of allylic oxidation sites excluding steroid dienone is 1. The number of carbonyl (C=O) groups is 1. The second-order valence-corrected chi connectivity index (χ2v) is 9.49. The van der Waals surface area contributed by atoms with Crippen LogP contribution in [0.25, 0.3) is 0 Å². The van der Waals surface area contributed by atoms with E-state index < -0.39 is 6.04 Å². The quantitative estimate of drug-likeness (QED) is 0.314. The minimum absolute atomic E-state index is 0.193. The Bertz CT molecular complexity index is 1430. The predicted octanol–water partition coefficient (Wildman–Crippen LogP) is 5.82. The van der Waals surface area contributed by atoms with Gasteiger partial charge in [0.2, 0.25) is 11.1 Å². The number of aryl methyl sites for hydroxylation is 1. The molecule has 0 aliphatic carbocycles. The number of nitrogens with one attached hydrogen (secondary N) is 2. The van der Waals surface area contributed by atoms with E-state index in [1.54, 1.807) is 23.6 Å². The van der Waals surface area contributed by atoms with E-state index in [4.69, 9.17) is 14.8 Å². The number of para-hydroxylation sites is 1. The maximum atomic E-state index is 13.7. The highest BCUT2D eigenvalue weighted by Gasteiger charge is 2.34. The molecule has 36 heavy (non-hydrogen) atoms. The van der Waals surface area contributed by atoms with Gasteiger partial charge in [-0.25, -0.2) is 4.68 Å². The number of hydrogen-bond donors (Lipinski definition) is 2. The number of anilines is 2. The van der Waals surface area contributed by atoms with Crippen molar-refractivity contribution in [1.82, 2.24) is 14.8 Å². The molecule has 1 amide bonds. The van der Waals surface area contributed by atoms with Crippen LogP contribution in [0, 0.1) is 6.92 Å². The van der Waals surface area contributed by atoms with Crippen molar-refractivity contribution in [2.75, 3.05) is 17.7 Å². The van der Waals surface area contributed by atoms with Gasteiger partial charge in [0, 0.05) is 17.1 Å². The molecule has 1 aliphatic rings. The summed E-state index contributed by atoms with van der Waals surface area (Å²) in [5.41, 5.74) is 5.15. The third-order valence-electron chi connectivity index (χ3n) is 6.09. The summed E-state index contributed by atoms with van der Waals surface area (Å²) in [5.74, 6) is 1.87. The molecule has 1 aromatic heterocycles. The zero-order chi connectivity index (χ0) is 25.1. The van der Waals surface area contributed by atoms with Crippen LogP contribution in [0.5, 0.6) is 5.75 Å². The molecule has 1 unspecified atom stereocenters. The summed E-state index contributed by atoms with van der Waals surface area (Å²) >= 11 is 1.56. The third kappa shape index (κ3) is 4.85. The molecule has 2 heterocycles. The van der Waals surface area contributed by atoms with Crippen LogP contribution in [-0.4, -0.2) is 27.8 Å². The van der Waals surface area contributed by atoms with Crippen molar-refractivity contribution in [1.29, 1.82) is 0 Å². The van der Waals surface area contributed by atoms with Gasteiger partial charge in [0.15, 0.2) is 0 Å². The first kappa shape index (κ1) is 23.7. The Kier molecular flexibility index (Phi) is 6.77. The van der Waals surface area contributed by atoms with Crippen LogP contribution in [0.15, 0.2) is 95.3 Å². The Hall–Kier alpha value is -4.04. The first-order valence-electron chi connectivity index (χ1n) is 11.7. The molecule has 7 nitrogen and oxygen atoms in total. The molecule has 1 atom stereocenters. The second-order valence-electron chi connectivity index (χ2n) is 8.55. The van der Waals surface area contributed by atoms with Crippen LogP contribution in [0.1, 0.15) is 29.7 Å². The van der Waals surface area contributed by atoms with Crippen LogP contribution in [-0.2, 0) is 10.5 Å². The van der Waals surface area contributed by atoms with Gasteiger partial charge < -0.3 is 15.4 Å². The van der Waals surface area contributed by atoms with Crippen molar-refractivity contribution in [2.24, 2.45) is 0 Å². The van der Waals surface area contributed by atoms with E-state index in [0.29, 0.717) is 22.4 Å². The van der Waals surface area contributed by atoms with Crippen LogP contribution in [0.3, 0.4) is 0 Å². The molecule has 0 spiro atoms. The van der Waals surface area contributed by atoms with E-state index >= 15 is 0 Å². The van der Waals surface area contributed by atoms with Crippen LogP contribution in [0.4, 0.5) is 11.6 Å². The molecule has 0 fully saturated rings. The van der Waals surface area contributed by atoms with Gasteiger partial charge >= 0.3 is 0 Å². The smallest absolute Gasteiger partial charge is 0.255 e. The van der Waals surface area contributed by atoms with Crippen molar-refractivity contribution in [3.05, 3.63) is 107 Å². The number of benzene rings is 3. The Balaban J connectivity index is 1.52. The molecule has 0 saturated carbocycles. The fraction of sp³-hybridized carbons (Fsp3) is 0.179. The lowest BCUT2D eigenvalue weighted by atomic mass is 9.94. The molecular formula is C28H27N5O2S. The Morgan fingerprint density at radius 3 is 2.61 bits per heavy atom. The summed E-state index contributed by atoms with van der Waals surface area (Å²) < 4.78 is 7.27. The summed E-state index contributed by atoms with van der Waals surface area (Å²) in [6.45, 7) is 3.87. The summed E-state index contributed by atoms with van der Waals surface area (Å²) in [6.07, 6.45) is 0. The first-order chi connectivity index (χ1) is 17.5. The van der Waals surface area contributed by atoms with Gasteiger partial charge in [0.25, 0.3) is 5.91 Å². The fourth-order valence-electron chi connectivity index (χ4n) is 4.23. The van der Waals surface area contributed by atoms with E-state index in [-0.39, 0.29) is 5.91 Å². The number of carbonyl (C=O) groups excluding carboxylic acids is 1. The van der Waals surface area contributed by atoms with Gasteiger partial charge in [-0.3, -0.25) is 4.79 Å². The Morgan fingerprint density at radius 1 is 1.06 bits per heavy atom. The highest BCUT2D eigenvalue weighted by Crippen LogP contribution is 2.38. The van der Waals surface area contributed by atoms with Crippen LogP contribution in [0.2, 0.25) is 0 Å². The van der Waals surface area contributed by atoms with Crippen molar-refractivity contribution in [3.63, 3.8) is 0 Å². The fourth-order valence-corrected chi connectivity index (χ4v) is 5.02. The Labute approximate surface area is 214 Å². The van der Waals surface area contributed by atoms with Crippen molar-refractivity contribution >= 4 is 29.3 Å². The van der Waals surface area contributed by atoms with Crippen molar-refractivity contribution < 1.29 is 9.53 Å².